The predicted octanol–water partition coefficient (Wildman–Crippen LogP) is 2.32. The Morgan fingerprint density at radius 2 is 1.68 bits per heavy atom. The first-order valence-corrected chi connectivity index (χ1v) is 7.24. The topological polar surface area (TPSA) is 93.5 Å². The van der Waals surface area contributed by atoms with E-state index in [1.807, 2.05) is 0 Å². The molecule has 0 aliphatic rings. The minimum atomic E-state index is -0.564. The zero-order valence-electron chi connectivity index (χ0n) is 14.2. The van der Waals surface area contributed by atoms with Crippen LogP contribution in [0.3, 0.4) is 0 Å². The van der Waals surface area contributed by atoms with Crippen LogP contribution in [0, 0.1) is 13.8 Å². The van der Waals surface area contributed by atoms with Gasteiger partial charge in [-0.05, 0) is 41.5 Å². The van der Waals surface area contributed by atoms with Crippen molar-refractivity contribution in [3.8, 4) is 0 Å². The molecule has 7 heteroatoms. The Morgan fingerprint density at radius 1 is 1.14 bits per heavy atom. The lowest BCUT2D eigenvalue weighted by atomic mass is 10.1. The third-order valence-electron chi connectivity index (χ3n) is 2.97. The molecule has 0 radical (unpaired) electrons. The standard InChI is InChI=1S/C15H25N3O4/c1-8(9(2)17-14(20)22-15(5,6)7)16-13(19)12-10(3)21-11(4)18-12/h8-9H,1-7H3,(H,16,19)(H,17,20)/t8-,9+/m0/s1. The SMILES string of the molecule is Cc1nc(C(=O)N[C@@H](C)[C@@H](C)NC(=O)OC(C)(C)C)c(C)o1. The fourth-order valence-electron chi connectivity index (χ4n) is 1.76. The largest absolute Gasteiger partial charge is 0.445 e. The first kappa shape index (κ1) is 18.0. The van der Waals surface area contributed by atoms with Gasteiger partial charge in [-0.1, -0.05) is 0 Å². The second kappa shape index (κ2) is 6.81. The van der Waals surface area contributed by atoms with Crippen molar-refractivity contribution in [3.05, 3.63) is 17.3 Å². The molecule has 2 amide bonds. The van der Waals surface area contributed by atoms with Crippen LogP contribution in [0.15, 0.2) is 4.42 Å². The monoisotopic (exact) mass is 311 g/mol. The van der Waals surface area contributed by atoms with Crippen molar-refractivity contribution in [3.63, 3.8) is 0 Å². The van der Waals surface area contributed by atoms with Crippen LogP contribution in [0.25, 0.3) is 0 Å². The van der Waals surface area contributed by atoms with E-state index in [-0.39, 0.29) is 23.7 Å². The maximum Gasteiger partial charge on any atom is 0.407 e. The molecule has 0 aliphatic carbocycles. The van der Waals surface area contributed by atoms with Gasteiger partial charge in [-0.3, -0.25) is 4.79 Å². The number of oxazole rings is 1. The molecule has 7 nitrogen and oxygen atoms in total. The molecule has 0 saturated carbocycles. The third-order valence-corrected chi connectivity index (χ3v) is 2.97. The fraction of sp³-hybridized carbons (Fsp3) is 0.667. The number of ether oxygens (including phenoxy) is 1. The number of hydrogen-bond acceptors (Lipinski definition) is 5. The maximum absolute atomic E-state index is 12.1. The Bertz CT molecular complexity index is 545. The summed E-state index contributed by atoms with van der Waals surface area (Å²) in [5, 5.41) is 5.48. The molecule has 0 aromatic carbocycles. The molecule has 0 aliphatic heterocycles. The summed E-state index contributed by atoms with van der Waals surface area (Å²) < 4.78 is 10.4. The van der Waals surface area contributed by atoms with Gasteiger partial charge in [-0.25, -0.2) is 9.78 Å². The van der Waals surface area contributed by atoms with Gasteiger partial charge in [-0.2, -0.15) is 0 Å². The van der Waals surface area contributed by atoms with Crippen LogP contribution >= 0.6 is 0 Å². The fourth-order valence-corrected chi connectivity index (χ4v) is 1.76. The highest BCUT2D eigenvalue weighted by molar-refractivity contribution is 5.93. The van der Waals surface area contributed by atoms with Crippen molar-refractivity contribution >= 4 is 12.0 Å². The van der Waals surface area contributed by atoms with Gasteiger partial charge < -0.3 is 19.8 Å². The van der Waals surface area contributed by atoms with Gasteiger partial charge in [0.05, 0.1) is 0 Å². The average Bonchev–Trinajstić information content (AvgIpc) is 2.65. The first-order valence-electron chi connectivity index (χ1n) is 7.24. The second-order valence-electron chi connectivity index (χ2n) is 6.33. The number of alkyl carbamates (subject to hydrolysis) is 1. The molecular weight excluding hydrogens is 286 g/mol. The highest BCUT2D eigenvalue weighted by Crippen LogP contribution is 2.10. The van der Waals surface area contributed by atoms with E-state index in [0.29, 0.717) is 11.7 Å². The molecule has 0 saturated heterocycles. The summed E-state index contributed by atoms with van der Waals surface area (Å²) >= 11 is 0. The molecule has 1 heterocycles. The van der Waals surface area contributed by atoms with Crippen LogP contribution in [0.2, 0.25) is 0 Å². The highest BCUT2D eigenvalue weighted by Gasteiger charge is 2.23. The number of nitrogens with zero attached hydrogens (tertiary/aromatic N) is 1. The molecule has 2 N–H and O–H groups in total. The van der Waals surface area contributed by atoms with E-state index >= 15 is 0 Å². The van der Waals surface area contributed by atoms with Crippen molar-refractivity contribution < 1.29 is 18.7 Å². The quantitative estimate of drug-likeness (QED) is 0.890. The molecule has 0 unspecified atom stereocenters. The lowest BCUT2D eigenvalue weighted by molar-refractivity contribution is 0.0496. The van der Waals surface area contributed by atoms with Crippen molar-refractivity contribution in [2.24, 2.45) is 0 Å². The number of rotatable bonds is 4. The summed E-state index contributed by atoms with van der Waals surface area (Å²) in [6.45, 7) is 12.3. The molecule has 0 bridgehead atoms. The highest BCUT2D eigenvalue weighted by atomic mass is 16.6. The molecule has 1 aromatic heterocycles. The number of aromatic nitrogens is 1. The van der Waals surface area contributed by atoms with E-state index in [4.69, 9.17) is 9.15 Å². The van der Waals surface area contributed by atoms with E-state index in [2.05, 4.69) is 15.6 Å². The van der Waals surface area contributed by atoms with E-state index in [1.165, 1.54) is 0 Å². The van der Waals surface area contributed by atoms with Crippen LogP contribution in [-0.2, 0) is 4.74 Å². The van der Waals surface area contributed by atoms with Gasteiger partial charge in [0.2, 0.25) is 0 Å². The van der Waals surface area contributed by atoms with E-state index in [9.17, 15) is 9.59 Å². The summed E-state index contributed by atoms with van der Waals surface area (Å²) in [6, 6.07) is -0.594. The second-order valence-corrected chi connectivity index (χ2v) is 6.33. The summed E-state index contributed by atoms with van der Waals surface area (Å²) in [6.07, 6.45) is -0.519. The third kappa shape index (κ3) is 5.38. The summed E-state index contributed by atoms with van der Waals surface area (Å²) in [5.74, 6) is 0.574. The molecule has 124 valence electrons. The van der Waals surface area contributed by atoms with Crippen LogP contribution in [0.4, 0.5) is 4.79 Å². The van der Waals surface area contributed by atoms with Crippen molar-refractivity contribution in [2.45, 2.75) is 66.2 Å². The Morgan fingerprint density at radius 3 is 2.14 bits per heavy atom. The maximum atomic E-state index is 12.1. The molecule has 0 spiro atoms. The van der Waals surface area contributed by atoms with Crippen molar-refractivity contribution in [2.75, 3.05) is 0 Å². The lowest BCUT2D eigenvalue weighted by Gasteiger charge is -2.25. The van der Waals surface area contributed by atoms with Crippen molar-refractivity contribution in [1.29, 1.82) is 0 Å². The van der Waals surface area contributed by atoms with Gasteiger partial charge in [0.1, 0.15) is 11.4 Å². The van der Waals surface area contributed by atoms with Crippen molar-refractivity contribution in [1.82, 2.24) is 15.6 Å². The van der Waals surface area contributed by atoms with E-state index in [0.717, 1.165) is 0 Å². The summed E-state index contributed by atoms with van der Waals surface area (Å²) in [4.78, 5) is 27.9. The van der Waals surface area contributed by atoms with Gasteiger partial charge in [0.25, 0.3) is 5.91 Å². The lowest BCUT2D eigenvalue weighted by Crippen LogP contribution is -2.49. The summed E-state index contributed by atoms with van der Waals surface area (Å²) in [7, 11) is 0. The van der Waals surface area contributed by atoms with E-state index < -0.39 is 11.7 Å². The van der Waals surface area contributed by atoms with Gasteiger partial charge in [0.15, 0.2) is 11.6 Å². The Labute approximate surface area is 130 Å². The molecule has 0 fully saturated rings. The number of amides is 2. The molecule has 1 aromatic rings. The minimum Gasteiger partial charge on any atom is -0.445 e. The van der Waals surface area contributed by atoms with Gasteiger partial charge in [-0.15, -0.1) is 0 Å². The predicted molar refractivity (Wildman–Crippen MR) is 81.7 cm³/mol. The molecular formula is C15H25N3O4. The van der Waals surface area contributed by atoms with Crippen LogP contribution < -0.4 is 10.6 Å². The Kier molecular flexibility index (Phi) is 5.57. The summed E-state index contributed by atoms with van der Waals surface area (Å²) in [5.41, 5.74) is -0.306. The number of hydrogen-bond donors (Lipinski definition) is 2. The number of nitrogens with one attached hydrogen (secondary N) is 2. The van der Waals surface area contributed by atoms with Crippen LogP contribution in [-0.4, -0.2) is 34.7 Å². The molecule has 2 atom stereocenters. The molecule has 1 rings (SSSR count). The Hall–Kier alpha value is -2.05. The van der Waals surface area contributed by atoms with Crippen LogP contribution in [0.5, 0.6) is 0 Å². The normalized spacial score (nSPS) is 14.1. The number of carbonyl (C=O) groups is 2. The first-order chi connectivity index (χ1) is 9.99. The molecule has 22 heavy (non-hydrogen) atoms. The van der Waals surface area contributed by atoms with Gasteiger partial charge in [0, 0.05) is 19.0 Å². The average molecular weight is 311 g/mol. The Balaban J connectivity index is 2.57. The van der Waals surface area contributed by atoms with E-state index in [1.54, 1.807) is 48.5 Å². The zero-order valence-corrected chi connectivity index (χ0v) is 14.2. The van der Waals surface area contributed by atoms with Crippen LogP contribution in [0.1, 0.15) is 56.8 Å². The minimum absolute atomic E-state index is 0.258. The number of aryl methyl sites for hydroxylation is 2. The number of carbonyl (C=O) groups excluding carboxylic acids is 2. The smallest absolute Gasteiger partial charge is 0.407 e. The zero-order chi connectivity index (χ0) is 17.1. The van der Waals surface area contributed by atoms with Gasteiger partial charge >= 0.3 is 6.09 Å².